The third kappa shape index (κ3) is 6.04. The number of hydrogen-bond donors (Lipinski definition) is 4. The summed E-state index contributed by atoms with van der Waals surface area (Å²) in [6, 6.07) is 9.52. The van der Waals surface area contributed by atoms with Crippen molar-refractivity contribution in [1.29, 1.82) is 0 Å². The average Bonchev–Trinajstić information content (AvgIpc) is 2.44. The molecule has 0 fully saturated rings. The molecule has 0 aliphatic carbocycles. The second kappa shape index (κ2) is 9.34. The number of carbonyl (C=O) groups is 1. The number of carbonyl (C=O) groups excluding carboxylic acids is 1. The molecule has 5 nitrogen and oxygen atoms in total. The van der Waals surface area contributed by atoms with E-state index in [9.17, 15) is 4.79 Å². The van der Waals surface area contributed by atoms with Crippen molar-refractivity contribution in [3.05, 3.63) is 35.9 Å². The lowest BCUT2D eigenvalue weighted by atomic mass is 9.96. The molecule has 1 rings (SSSR count). The number of rotatable bonds is 8. The zero-order chi connectivity index (χ0) is 14.8. The lowest BCUT2D eigenvalue weighted by molar-refractivity contribution is 0.228. The molecule has 112 valence electrons. The van der Waals surface area contributed by atoms with Crippen LogP contribution in [0.4, 0.5) is 4.79 Å². The summed E-state index contributed by atoms with van der Waals surface area (Å²) in [5, 5.41) is 23.5. The van der Waals surface area contributed by atoms with Crippen LogP contribution in [0, 0.1) is 0 Å². The van der Waals surface area contributed by atoms with Crippen LogP contribution in [0.15, 0.2) is 30.3 Å². The van der Waals surface area contributed by atoms with E-state index in [-0.39, 0.29) is 31.2 Å². The van der Waals surface area contributed by atoms with Crippen molar-refractivity contribution in [3.8, 4) is 0 Å². The zero-order valence-corrected chi connectivity index (χ0v) is 11.9. The Kier molecular flexibility index (Phi) is 7.69. The number of benzene rings is 1. The molecular formula is C15H24N2O3. The van der Waals surface area contributed by atoms with Crippen molar-refractivity contribution in [2.24, 2.45) is 0 Å². The van der Waals surface area contributed by atoms with E-state index in [1.165, 1.54) is 0 Å². The topological polar surface area (TPSA) is 81.6 Å². The molecule has 0 aromatic heterocycles. The number of amides is 2. The van der Waals surface area contributed by atoms with Crippen LogP contribution in [0.2, 0.25) is 0 Å². The van der Waals surface area contributed by atoms with Gasteiger partial charge in [-0.25, -0.2) is 4.79 Å². The van der Waals surface area contributed by atoms with Crippen LogP contribution in [-0.2, 0) is 0 Å². The second-order valence-corrected chi connectivity index (χ2v) is 4.89. The second-order valence-electron chi connectivity index (χ2n) is 4.89. The average molecular weight is 280 g/mol. The van der Waals surface area contributed by atoms with E-state index in [0.29, 0.717) is 19.4 Å². The highest BCUT2D eigenvalue weighted by Crippen LogP contribution is 2.17. The van der Waals surface area contributed by atoms with Gasteiger partial charge >= 0.3 is 6.03 Å². The molecule has 4 N–H and O–H groups in total. The number of aliphatic hydroxyl groups excluding tert-OH is 2. The van der Waals surface area contributed by atoms with E-state index in [0.717, 1.165) is 5.56 Å². The number of hydrogen-bond acceptors (Lipinski definition) is 3. The molecule has 1 aromatic carbocycles. The van der Waals surface area contributed by atoms with E-state index in [1.807, 2.05) is 37.3 Å². The van der Waals surface area contributed by atoms with Crippen LogP contribution < -0.4 is 10.6 Å². The van der Waals surface area contributed by atoms with Gasteiger partial charge in [-0.3, -0.25) is 0 Å². The van der Waals surface area contributed by atoms with E-state index < -0.39 is 0 Å². The normalized spacial score (nSPS) is 13.6. The predicted molar refractivity (Wildman–Crippen MR) is 78.6 cm³/mol. The summed E-state index contributed by atoms with van der Waals surface area (Å²) in [5.74, 6) is 0.0973. The zero-order valence-electron chi connectivity index (χ0n) is 11.9. The molecule has 1 aromatic rings. The van der Waals surface area contributed by atoms with Crippen LogP contribution in [-0.4, -0.2) is 42.0 Å². The lowest BCUT2D eigenvalue weighted by Crippen LogP contribution is -2.42. The highest BCUT2D eigenvalue weighted by Gasteiger charge is 2.13. The van der Waals surface area contributed by atoms with Crippen molar-refractivity contribution >= 4 is 6.03 Å². The maximum atomic E-state index is 11.7. The van der Waals surface area contributed by atoms with Gasteiger partial charge in [-0.1, -0.05) is 30.3 Å². The molecular weight excluding hydrogens is 256 g/mol. The monoisotopic (exact) mass is 280 g/mol. The first-order valence-corrected chi connectivity index (χ1v) is 6.98. The Bertz CT molecular complexity index is 384. The Morgan fingerprint density at radius 3 is 2.40 bits per heavy atom. The van der Waals surface area contributed by atoms with E-state index in [1.54, 1.807) is 0 Å². The minimum absolute atomic E-state index is 0.0542. The molecule has 1 unspecified atom stereocenters. The maximum Gasteiger partial charge on any atom is 0.315 e. The molecule has 0 heterocycles. The smallest absolute Gasteiger partial charge is 0.315 e. The van der Waals surface area contributed by atoms with E-state index >= 15 is 0 Å². The molecule has 2 amide bonds. The van der Waals surface area contributed by atoms with Gasteiger partial charge in [0.15, 0.2) is 0 Å². The molecule has 5 heteroatoms. The van der Waals surface area contributed by atoms with Crippen molar-refractivity contribution in [2.75, 3.05) is 19.8 Å². The molecule has 2 atom stereocenters. The number of urea groups is 1. The van der Waals surface area contributed by atoms with Gasteiger partial charge in [-0.15, -0.1) is 0 Å². The van der Waals surface area contributed by atoms with Gasteiger partial charge in [0.1, 0.15) is 0 Å². The fourth-order valence-electron chi connectivity index (χ4n) is 2.02. The summed E-state index contributed by atoms with van der Waals surface area (Å²) in [5.41, 5.74) is 1.10. The fraction of sp³-hybridized carbons (Fsp3) is 0.533. The largest absolute Gasteiger partial charge is 0.396 e. The minimum Gasteiger partial charge on any atom is -0.396 e. The Balaban J connectivity index is 2.45. The Morgan fingerprint density at radius 1 is 1.15 bits per heavy atom. The van der Waals surface area contributed by atoms with Crippen molar-refractivity contribution in [3.63, 3.8) is 0 Å². The Hall–Kier alpha value is -1.59. The number of aliphatic hydroxyl groups is 2. The summed E-state index contributed by atoms with van der Waals surface area (Å²) in [4.78, 5) is 11.7. The van der Waals surface area contributed by atoms with Gasteiger partial charge in [0, 0.05) is 31.7 Å². The van der Waals surface area contributed by atoms with Gasteiger partial charge < -0.3 is 20.8 Å². The lowest BCUT2D eigenvalue weighted by Gasteiger charge is -2.19. The molecule has 0 saturated carbocycles. The summed E-state index contributed by atoms with van der Waals surface area (Å²) in [7, 11) is 0. The van der Waals surface area contributed by atoms with Crippen molar-refractivity contribution in [1.82, 2.24) is 10.6 Å². The molecule has 0 aliphatic heterocycles. The van der Waals surface area contributed by atoms with Gasteiger partial charge in [0.2, 0.25) is 0 Å². The van der Waals surface area contributed by atoms with Gasteiger partial charge in [-0.2, -0.15) is 0 Å². The third-order valence-electron chi connectivity index (χ3n) is 3.20. The summed E-state index contributed by atoms with van der Waals surface area (Å²) in [6.45, 7) is 2.46. The first kappa shape index (κ1) is 16.5. The molecule has 0 spiro atoms. The van der Waals surface area contributed by atoms with Crippen molar-refractivity contribution < 1.29 is 15.0 Å². The van der Waals surface area contributed by atoms with E-state index in [4.69, 9.17) is 10.2 Å². The summed E-state index contributed by atoms with van der Waals surface area (Å²) in [6.07, 6.45) is 1.14. The Morgan fingerprint density at radius 2 is 1.80 bits per heavy atom. The van der Waals surface area contributed by atoms with Gasteiger partial charge in [-0.05, 0) is 25.3 Å². The van der Waals surface area contributed by atoms with Crippen LogP contribution in [0.1, 0.15) is 31.2 Å². The summed E-state index contributed by atoms with van der Waals surface area (Å²) >= 11 is 0. The highest BCUT2D eigenvalue weighted by atomic mass is 16.3. The minimum atomic E-state index is -0.246. The van der Waals surface area contributed by atoms with Crippen LogP contribution in [0.25, 0.3) is 0 Å². The van der Waals surface area contributed by atoms with Crippen LogP contribution >= 0.6 is 0 Å². The fourth-order valence-corrected chi connectivity index (χ4v) is 2.02. The van der Waals surface area contributed by atoms with Crippen molar-refractivity contribution in [2.45, 2.75) is 31.7 Å². The van der Waals surface area contributed by atoms with E-state index in [2.05, 4.69) is 10.6 Å². The third-order valence-corrected chi connectivity index (χ3v) is 3.20. The quantitative estimate of drug-likeness (QED) is 0.578. The first-order valence-electron chi connectivity index (χ1n) is 6.98. The first-order chi connectivity index (χ1) is 9.67. The molecule has 20 heavy (non-hydrogen) atoms. The molecule has 0 aliphatic rings. The number of nitrogens with one attached hydrogen (secondary N) is 2. The summed E-state index contributed by atoms with van der Waals surface area (Å²) < 4.78 is 0. The SMILES string of the molecule is C[C@H](CCO)NC(=O)NCC(CCO)c1ccccc1. The molecule has 0 radical (unpaired) electrons. The standard InChI is InChI=1S/C15H24N2O3/c1-12(7-9-18)17-15(20)16-11-14(8-10-19)13-5-3-2-4-6-13/h2-6,12,14,18-19H,7-11H2,1H3,(H2,16,17,20)/t12-,14?/m1/s1. The predicted octanol–water partition coefficient (Wildman–Crippen LogP) is 1.22. The van der Waals surface area contributed by atoms with Gasteiger partial charge in [0.05, 0.1) is 0 Å². The molecule has 0 bridgehead atoms. The van der Waals surface area contributed by atoms with Crippen LogP contribution in [0.5, 0.6) is 0 Å². The Labute approximate surface area is 120 Å². The van der Waals surface area contributed by atoms with Crippen LogP contribution in [0.3, 0.4) is 0 Å². The highest BCUT2D eigenvalue weighted by molar-refractivity contribution is 5.74. The van der Waals surface area contributed by atoms with Gasteiger partial charge in [0.25, 0.3) is 0 Å². The maximum absolute atomic E-state index is 11.7. The molecule has 0 saturated heterocycles.